The van der Waals surface area contributed by atoms with Crippen molar-refractivity contribution in [1.82, 2.24) is 0 Å². The highest BCUT2D eigenvalue weighted by molar-refractivity contribution is 5.94. The molecule has 2 rings (SSSR count). The number of benzene rings is 1. The average molecular weight is 304 g/mol. The van der Waals surface area contributed by atoms with Crippen LogP contribution in [-0.2, 0) is 16.0 Å². The van der Waals surface area contributed by atoms with Gasteiger partial charge in [0.1, 0.15) is 11.9 Å². The third kappa shape index (κ3) is 4.33. The monoisotopic (exact) mass is 304 g/mol. The summed E-state index contributed by atoms with van der Waals surface area (Å²) in [5, 5.41) is 0. The molecule has 0 unspecified atom stereocenters. The zero-order chi connectivity index (χ0) is 16.1. The SMILES string of the molecule is COc1ccc(C(C)=O)cc1CC(=O)O[C@H]1CCC[C@H](C)C1. The van der Waals surface area contributed by atoms with Gasteiger partial charge in [0.15, 0.2) is 5.78 Å². The summed E-state index contributed by atoms with van der Waals surface area (Å²) >= 11 is 0. The Morgan fingerprint density at radius 1 is 1.27 bits per heavy atom. The Morgan fingerprint density at radius 2 is 2.05 bits per heavy atom. The molecule has 1 aromatic carbocycles. The standard InChI is InChI=1S/C18H24O4/c1-12-5-4-6-16(9-12)22-18(20)11-15-10-14(13(2)19)7-8-17(15)21-3/h7-8,10,12,16H,4-6,9,11H2,1-3H3/t12-,16-/m0/s1. The Kier molecular flexibility index (Phi) is 5.58. The Morgan fingerprint density at radius 3 is 2.68 bits per heavy atom. The van der Waals surface area contributed by atoms with E-state index in [9.17, 15) is 9.59 Å². The summed E-state index contributed by atoms with van der Waals surface area (Å²) in [4.78, 5) is 23.7. The van der Waals surface area contributed by atoms with E-state index in [0.29, 0.717) is 22.8 Å². The maximum absolute atomic E-state index is 12.2. The molecule has 0 heterocycles. The van der Waals surface area contributed by atoms with Crippen molar-refractivity contribution in [2.75, 3.05) is 7.11 Å². The topological polar surface area (TPSA) is 52.6 Å². The highest BCUT2D eigenvalue weighted by atomic mass is 16.5. The molecular formula is C18H24O4. The minimum Gasteiger partial charge on any atom is -0.496 e. The van der Waals surface area contributed by atoms with Crippen molar-refractivity contribution in [2.45, 2.75) is 52.1 Å². The second kappa shape index (κ2) is 7.43. The summed E-state index contributed by atoms with van der Waals surface area (Å²) in [7, 11) is 1.56. The highest BCUT2D eigenvalue weighted by Gasteiger charge is 2.22. The highest BCUT2D eigenvalue weighted by Crippen LogP contribution is 2.27. The van der Waals surface area contributed by atoms with Crippen LogP contribution in [0.15, 0.2) is 18.2 Å². The maximum Gasteiger partial charge on any atom is 0.310 e. The first-order chi connectivity index (χ1) is 10.5. The molecule has 0 N–H and O–H groups in total. The molecule has 1 aliphatic rings. The van der Waals surface area contributed by atoms with Crippen molar-refractivity contribution >= 4 is 11.8 Å². The summed E-state index contributed by atoms with van der Waals surface area (Å²) in [6, 6.07) is 5.15. The second-order valence-corrected chi connectivity index (χ2v) is 6.14. The largest absolute Gasteiger partial charge is 0.496 e. The number of carbonyl (C=O) groups excluding carboxylic acids is 2. The lowest BCUT2D eigenvalue weighted by Crippen LogP contribution is -2.25. The molecule has 4 nitrogen and oxygen atoms in total. The Labute approximate surface area is 131 Å². The molecule has 1 fully saturated rings. The number of ether oxygens (including phenoxy) is 2. The van der Waals surface area contributed by atoms with E-state index in [1.807, 2.05) is 0 Å². The van der Waals surface area contributed by atoms with Crippen LogP contribution in [0.3, 0.4) is 0 Å². The lowest BCUT2D eigenvalue weighted by Gasteiger charge is -2.26. The lowest BCUT2D eigenvalue weighted by atomic mass is 9.89. The van der Waals surface area contributed by atoms with Crippen LogP contribution in [0.5, 0.6) is 5.75 Å². The fourth-order valence-corrected chi connectivity index (χ4v) is 3.00. The molecular weight excluding hydrogens is 280 g/mol. The fraction of sp³-hybridized carbons (Fsp3) is 0.556. The molecule has 4 heteroatoms. The molecule has 1 aromatic rings. The van der Waals surface area contributed by atoms with Gasteiger partial charge in [0.05, 0.1) is 13.5 Å². The van der Waals surface area contributed by atoms with Crippen molar-refractivity contribution in [3.63, 3.8) is 0 Å². The van der Waals surface area contributed by atoms with Gasteiger partial charge in [-0.25, -0.2) is 0 Å². The van der Waals surface area contributed by atoms with Gasteiger partial charge < -0.3 is 9.47 Å². The summed E-state index contributed by atoms with van der Waals surface area (Å²) in [6.45, 7) is 3.70. The van der Waals surface area contributed by atoms with Crippen LogP contribution in [-0.4, -0.2) is 25.0 Å². The zero-order valence-electron chi connectivity index (χ0n) is 13.6. The molecule has 2 atom stereocenters. The van der Waals surface area contributed by atoms with Gasteiger partial charge in [-0.05, 0) is 50.3 Å². The number of ketones is 1. The fourth-order valence-electron chi connectivity index (χ4n) is 3.00. The van der Waals surface area contributed by atoms with Crippen LogP contribution in [0.4, 0.5) is 0 Å². The first-order valence-electron chi connectivity index (χ1n) is 7.87. The Bertz CT molecular complexity index is 550. The molecule has 0 aromatic heterocycles. The van der Waals surface area contributed by atoms with E-state index in [1.54, 1.807) is 25.3 Å². The molecule has 0 bridgehead atoms. The Hall–Kier alpha value is -1.84. The minimum absolute atomic E-state index is 0.0261. The molecule has 0 saturated heterocycles. The van der Waals surface area contributed by atoms with E-state index in [-0.39, 0.29) is 24.3 Å². The third-order valence-electron chi connectivity index (χ3n) is 4.21. The van der Waals surface area contributed by atoms with E-state index in [4.69, 9.17) is 9.47 Å². The van der Waals surface area contributed by atoms with E-state index >= 15 is 0 Å². The summed E-state index contributed by atoms with van der Waals surface area (Å²) in [5.41, 5.74) is 1.28. The van der Waals surface area contributed by atoms with Crippen molar-refractivity contribution in [3.8, 4) is 5.75 Å². The first kappa shape index (κ1) is 16.5. The summed E-state index contributed by atoms with van der Waals surface area (Å²) < 4.78 is 10.9. The van der Waals surface area contributed by atoms with Gasteiger partial charge in [-0.1, -0.05) is 13.3 Å². The number of hydrogen-bond acceptors (Lipinski definition) is 4. The van der Waals surface area contributed by atoms with Gasteiger partial charge in [0, 0.05) is 11.1 Å². The summed E-state index contributed by atoms with van der Waals surface area (Å²) in [6.07, 6.45) is 4.37. The third-order valence-corrected chi connectivity index (χ3v) is 4.21. The predicted octanol–water partition coefficient (Wildman–Crippen LogP) is 3.56. The van der Waals surface area contributed by atoms with Gasteiger partial charge >= 0.3 is 5.97 Å². The second-order valence-electron chi connectivity index (χ2n) is 6.14. The van der Waals surface area contributed by atoms with Crippen LogP contribution < -0.4 is 4.74 Å². The average Bonchev–Trinajstić information content (AvgIpc) is 2.47. The number of hydrogen-bond donors (Lipinski definition) is 0. The zero-order valence-corrected chi connectivity index (χ0v) is 13.6. The van der Waals surface area contributed by atoms with Crippen LogP contribution in [0.2, 0.25) is 0 Å². The van der Waals surface area contributed by atoms with E-state index in [2.05, 4.69) is 6.92 Å². The smallest absolute Gasteiger partial charge is 0.310 e. The van der Waals surface area contributed by atoms with E-state index in [0.717, 1.165) is 19.3 Å². The maximum atomic E-state index is 12.2. The van der Waals surface area contributed by atoms with Crippen molar-refractivity contribution in [2.24, 2.45) is 5.92 Å². The molecule has 0 aliphatic heterocycles. The normalized spacial score (nSPS) is 21.2. The van der Waals surface area contributed by atoms with E-state index < -0.39 is 0 Å². The quantitative estimate of drug-likeness (QED) is 0.616. The minimum atomic E-state index is -0.252. The molecule has 120 valence electrons. The predicted molar refractivity (Wildman–Crippen MR) is 84.2 cm³/mol. The number of methoxy groups -OCH3 is 1. The van der Waals surface area contributed by atoms with Crippen molar-refractivity contribution in [3.05, 3.63) is 29.3 Å². The number of carbonyl (C=O) groups is 2. The van der Waals surface area contributed by atoms with Gasteiger partial charge in [-0.2, -0.15) is 0 Å². The summed E-state index contributed by atoms with van der Waals surface area (Å²) in [5.74, 6) is 0.942. The number of Topliss-reactive ketones (excluding diaryl/α,β-unsaturated/α-hetero) is 1. The van der Waals surface area contributed by atoms with Gasteiger partial charge in [-0.15, -0.1) is 0 Å². The van der Waals surface area contributed by atoms with Crippen LogP contribution in [0.25, 0.3) is 0 Å². The molecule has 0 spiro atoms. The van der Waals surface area contributed by atoms with Gasteiger partial charge in [-0.3, -0.25) is 9.59 Å². The van der Waals surface area contributed by atoms with Crippen LogP contribution in [0.1, 0.15) is 55.5 Å². The number of rotatable bonds is 5. The van der Waals surface area contributed by atoms with Crippen molar-refractivity contribution < 1.29 is 19.1 Å². The van der Waals surface area contributed by atoms with E-state index in [1.165, 1.54) is 13.3 Å². The van der Waals surface area contributed by atoms with Gasteiger partial charge in [0.25, 0.3) is 0 Å². The van der Waals surface area contributed by atoms with Crippen molar-refractivity contribution in [1.29, 1.82) is 0 Å². The first-order valence-corrected chi connectivity index (χ1v) is 7.87. The van der Waals surface area contributed by atoms with Crippen LogP contribution >= 0.6 is 0 Å². The molecule has 1 saturated carbocycles. The molecule has 1 aliphatic carbocycles. The molecule has 0 radical (unpaired) electrons. The molecule has 22 heavy (non-hydrogen) atoms. The Balaban J connectivity index is 2.03. The van der Waals surface area contributed by atoms with Crippen LogP contribution in [0, 0.1) is 5.92 Å². The van der Waals surface area contributed by atoms with Gasteiger partial charge in [0.2, 0.25) is 0 Å². The molecule has 0 amide bonds. The number of esters is 1. The lowest BCUT2D eigenvalue weighted by molar-refractivity contribution is -0.150.